The number of anilines is 1. The maximum absolute atomic E-state index is 13.1. The standard InChI is InChI=1S/C26H33N7O6/c1-2-38-17-7-3-6-16(12-17)25(37)31-20-22(36)18(13-34)39-26(20)33-15-30-21-23(28-14-29-24(21)33)27-9-5-11-32-10-4-8-19(32)35/h3,6-7,12,14-15,18,20,22,26,34,36H,2,4-5,8-11,13H2,1H3,(H,31,37)(H,27,28,29)/t18-,20-,22-,26-/m1/s1. The molecule has 0 radical (unpaired) electrons. The summed E-state index contributed by atoms with van der Waals surface area (Å²) in [6, 6.07) is 5.85. The van der Waals surface area contributed by atoms with E-state index in [9.17, 15) is 19.8 Å². The normalized spacial score (nSPS) is 22.9. The minimum Gasteiger partial charge on any atom is -0.494 e. The fourth-order valence-electron chi connectivity index (χ4n) is 5.00. The van der Waals surface area contributed by atoms with Gasteiger partial charge in [-0.05, 0) is 38.0 Å². The first-order valence-electron chi connectivity index (χ1n) is 13.2. The van der Waals surface area contributed by atoms with E-state index in [-0.39, 0.29) is 5.91 Å². The van der Waals surface area contributed by atoms with Crippen molar-refractivity contribution in [2.24, 2.45) is 0 Å². The predicted molar refractivity (Wildman–Crippen MR) is 140 cm³/mol. The molecule has 3 aromatic rings. The number of amides is 2. The number of carbonyl (C=O) groups is 2. The molecule has 2 fully saturated rings. The number of nitrogens with one attached hydrogen (secondary N) is 2. The van der Waals surface area contributed by atoms with Crippen molar-refractivity contribution in [3.05, 3.63) is 42.5 Å². The number of fused-ring (bicyclic) bond motifs is 1. The Balaban J connectivity index is 1.32. The molecule has 2 saturated heterocycles. The largest absolute Gasteiger partial charge is 0.494 e. The van der Waals surface area contributed by atoms with Crippen molar-refractivity contribution in [2.75, 3.05) is 38.2 Å². The Morgan fingerprint density at radius 3 is 2.92 bits per heavy atom. The fourth-order valence-corrected chi connectivity index (χ4v) is 5.00. The van der Waals surface area contributed by atoms with Crippen LogP contribution in [0.5, 0.6) is 5.75 Å². The van der Waals surface area contributed by atoms with Gasteiger partial charge in [0.2, 0.25) is 5.91 Å². The molecule has 0 unspecified atom stereocenters. The van der Waals surface area contributed by atoms with Gasteiger partial charge in [-0.3, -0.25) is 14.2 Å². The monoisotopic (exact) mass is 539 g/mol. The van der Waals surface area contributed by atoms with Crippen LogP contribution in [0.15, 0.2) is 36.9 Å². The molecule has 4 atom stereocenters. The highest BCUT2D eigenvalue weighted by Crippen LogP contribution is 2.32. The molecule has 0 saturated carbocycles. The molecule has 13 nitrogen and oxygen atoms in total. The highest BCUT2D eigenvalue weighted by Gasteiger charge is 2.46. The molecule has 0 aliphatic carbocycles. The average Bonchev–Trinajstić information content (AvgIpc) is 3.64. The maximum atomic E-state index is 13.1. The lowest BCUT2D eigenvalue weighted by molar-refractivity contribution is -0.127. The van der Waals surface area contributed by atoms with E-state index in [0.29, 0.717) is 54.4 Å². The van der Waals surface area contributed by atoms with Crippen LogP contribution in [0.2, 0.25) is 0 Å². The Hall–Kier alpha value is -3.81. The third-order valence-corrected chi connectivity index (χ3v) is 6.96. The number of nitrogens with zero attached hydrogens (tertiary/aromatic N) is 5. The molecule has 4 heterocycles. The molecule has 208 valence electrons. The number of benzene rings is 1. The second-order valence-electron chi connectivity index (χ2n) is 9.51. The molecule has 39 heavy (non-hydrogen) atoms. The molecule has 13 heteroatoms. The lowest BCUT2D eigenvalue weighted by Gasteiger charge is -2.23. The Labute approximate surface area is 225 Å². The van der Waals surface area contributed by atoms with Gasteiger partial charge in [0.25, 0.3) is 5.91 Å². The number of hydrogen-bond donors (Lipinski definition) is 4. The Morgan fingerprint density at radius 1 is 1.28 bits per heavy atom. The van der Waals surface area contributed by atoms with Crippen LogP contribution in [0.25, 0.3) is 11.2 Å². The van der Waals surface area contributed by atoms with Crippen LogP contribution in [-0.4, -0.2) is 97.5 Å². The van der Waals surface area contributed by atoms with Crippen molar-refractivity contribution in [3.8, 4) is 5.75 Å². The summed E-state index contributed by atoms with van der Waals surface area (Å²) in [5.41, 5.74) is 1.30. The van der Waals surface area contributed by atoms with E-state index in [0.717, 1.165) is 19.4 Å². The lowest BCUT2D eigenvalue weighted by Crippen LogP contribution is -2.46. The van der Waals surface area contributed by atoms with Gasteiger partial charge in [0, 0.05) is 31.6 Å². The number of aliphatic hydroxyl groups is 2. The quantitative estimate of drug-likeness (QED) is 0.255. The summed E-state index contributed by atoms with van der Waals surface area (Å²) in [7, 11) is 0. The number of carbonyl (C=O) groups excluding carboxylic acids is 2. The second-order valence-corrected chi connectivity index (χ2v) is 9.51. The van der Waals surface area contributed by atoms with Crippen molar-refractivity contribution >= 4 is 28.8 Å². The van der Waals surface area contributed by atoms with Crippen LogP contribution in [-0.2, 0) is 9.53 Å². The van der Waals surface area contributed by atoms with Crippen LogP contribution >= 0.6 is 0 Å². The molecule has 2 amide bonds. The number of rotatable bonds is 11. The summed E-state index contributed by atoms with van der Waals surface area (Å²) >= 11 is 0. The Morgan fingerprint density at radius 2 is 2.15 bits per heavy atom. The van der Waals surface area contributed by atoms with Crippen LogP contribution in [0, 0.1) is 0 Å². The molecule has 2 aliphatic rings. The third kappa shape index (κ3) is 5.65. The zero-order valence-electron chi connectivity index (χ0n) is 21.7. The topological polar surface area (TPSA) is 164 Å². The van der Waals surface area contributed by atoms with E-state index in [2.05, 4.69) is 25.6 Å². The summed E-state index contributed by atoms with van der Waals surface area (Å²) in [6.45, 7) is 3.96. The Bertz CT molecular complexity index is 1320. The molecule has 5 rings (SSSR count). The minimum atomic E-state index is -1.18. The van der Waals surface area contributed by atoms with Crippen LogP contribution in [0.3, 0.4) is 0 Å². The molecule has 2 aromatic heterocycles. The van der Waals surface area contributed by atoms with E-state index < -0.39 is 37.0 Å². The van der Waals surface area contributed by atoms with Gasteiger partial charge in [0.15, 0.2) is 23.2 Å². The highest BCUT2D eigenvalue weighted by atomic mass is 16.5. The van der Waals surface area contributed by atoms with Crippen LogP contribution in [0.1, 0.15) is 42.8 Å². The van der Waals surface area contributed by atoms with Gasteiger partial charge in [0.1, 0.15) is 30.3 Å². The zero-order valence-corrected chi connectivity index (χ0v) is 21.7. The summed E-state index contributed by atoms with van der Waals surface area (Å²) in [4.78, 5) is 40.0. The van der Waals surface area contributed by atoms with Gasteiger partial charge in [-0.15, -0.1) is 0 Å². The molecular weight excluding hydrogens is 506 g/mol. The highest BCUT2D eigenvalue weighted by molar-refractivity contribution is 5.95. The van der Waals surface area contributed by atoms with E-state index in [4.69, 9.17) is 9.47 Å². The summed E-state index contributed by atoms with van der Waals surface area (Å²) < 4.78 is 13.1. The van der Waals surface area contributed by atoms with Gasteiger partial charge in [-0.1, -0.05) is 6.07 Å². The van der Waals surface area contributed by atoms with Crippen LogP contribution in [0.4, 0.5) is 5.82 Å². The first kappa shape index (κ1) is 26.8. The van der Waals surface area contributed by atoms with Gasteiger partial charge in [0.05, 0.1) is 19.5 Å². The Kier molecular flexibility index (Phi) is 8.19. The zero-order chi connectivity index (χ0) is 27.4. The van der Waals surface area contributed by atoms with Crippen molar-refractivity contribution < 1.29 is 29.3 Å². The van der Waals surface area contributed by atoms with Crippen molar-refractivity contribution in [1.29, 1.82) is 0 Å². The average molecular weight is 540 g/mol. The molecule has 0 bridgehead atoms. The second kappa shape index (κ2) is 11.9. The van der Waals surface area contributed by atoms with Gasteiger partial charge >= 0.3 is 0 Å². The molecule has 2 aliphatic heterocycles. The van der Waals surface area contributed by atoms with E-state index >= 15 is 0 Å². The van der Waals surface area contributed by atoms with Crippen molar-refractivity contribution in [2.45, 2.75) is 50.7 Å². The van der Waals surface area contributed by atoms with E-state index in [1.165, 1.54) is 12.7 Å². The maximum Gasteiger partial charge on any atom is 0.251 e. The van der Waals surface area contributed by atoms with Crippen molar-refractivity contribution in [3.63, 3.8) is 0 Å². The molecular formula is C26H33N7O6. The number of aliphatic hydroxyl groups excluding tert-OH is 2. The van der Waals surface area contributed by atoms with Crippen molar-refractivity contribution in [1.82, 2.24) is 29.7 Å². The summed E-state index contributed by atoms with van der Waals surface area (Å²) in [6.07, 6.45) is 2.22. The first-order chi connectivity index (χ1) is 19.0. The van der Waals surface area contributed by atoms with E-state index in [1.54, 1.807) is 28.8 Å². The third-order valence-electron chi connectivity index (χ3n) is 6.96. The van der Waals surface area contributed by atoms with Gasteiger partial charge in [-0.25, -0.2) is 15.0 Å². The summed E-state index contributed by atoms with van der Waals surface area (Å²) in [5.74, 6) is 0.854. The van der Waals surface area contributed by atoms with Gasteiger partial charge < -0.3 is 35.2 Å². The summed E-state index contributed by atoms with van der Waals surface area (Å²) in [5, 5.41) is 26.8. The SMILES string of the molecule is CCOc1cccc(C(=O)N[C@@H]2[C@H](O)[C@@H](CO)O[C@H]2n2cnc3c(NCCCN4CCCC4=O)ncnc32)c1. The smallest absolute Gasteiger partial charge is 0.251 e. The van der Waals surface area contributed by atoms with Crippen LogP contribution < -0.4 is 15.4 Å². The molecule has 1 aromatic carbocycles. The number of ether oxygens (including phenoxy) is 2. The minimum absolute atomic E-state index is 0.196. The number of aromatic nitrogens is 4. The first-order valence-corrected chi connectivity index (χ1v) is 13.2. The molecule has 0 spiro atoms. The fraction of sp³-hybridized carbons (Fsp3) is 0.500. The number of hydrogen-bond acceptors (Lipinski definition) is 10. The predicted octanol–water partition coefficient (Wildman–Crippen LogP) is 0.699. The van der Waals surface area contributed by atoms with E-state index in [1.807, 2.05) is 11.8 Å². The lowest BCUT2D eigenvalue weighted by atomic mass is 10.1. The number of likely N-dealkylation sites (tertiary alicyclic amines) is 1. The number of imidazole rings is 1. The molecule has 4 N–H and O–H groups in total. The van der Waals surface area contributed by atoms with Gasteiger partial charge in [-0.2, -0.15) is 0 Å².